The number of rotatable bonds is 7. The number of allylic oxidation sites excluding steroid dienone is 10. The second-order valence-corrected chi connectivity index (χ2v) is 10.9. The third-order valence-corrected chi connectivity index (χ3v) is 6.75. The molecule has 0 unspecified atom stereocenters. The highest BCUT2D eigenvalue weighted by atomic mass is 127. The van der Waals surface area contributed by atoms with Crippen molar-refractivity contribution in [2.75, 3.05) is 0 Å². The molecule has 0 aliphatic carbocycles. The first-order chi connectivity index (χ1) is 15.1. The number of benzene rings is 1. The molecule has 0 nitrogen and oxygen atoms in total. The Morgan fingerprint density at radius 1 is 0.970 bits per heavy atom. The van der Waals surface area contributed by atoms with Gasteiger partial charge >= 0.3 is 0 Å². The molecule has 0 radical (unpaired) electrons. The van der Waals surface area contributed by atoms with E-state index in [-0.39, 0.29) is 5.41 Å². The fourth-order valence-corrected chi connectivity index (χ4v) is 3.50. The molecule has 182 valence electrons. The van der Waals surface area contributed by atoms with Crippen molar-refractivity contribution in [1.82, 2.24) is 0 Å². The second kappa shape index (κ2) is 14.6. The minimum absolute atomic E-state index is 0.106. The van der Waals surface area contributed by atoms with Gasteiger partial charge in [-0.2, -0.15) is 0 Å². The van der Waals surface area contributed by atoms with Crippen LogP contribution in [0.15, 0.2) is 81.0 Å². The fourth-order valence-electron chi connectivity index (χ4n) is 3.29. The fraction of sp³-hybridized carbons (Fsp3) is 0.438. The summed E-state index contributed by atoms with van der Waals surface area (Å²) < 4.78 is 2.04. The Morgan fingerprint density at radius 2 is 1.48 bits per heavy atom. The maximum absolute atomic E-state index is 4.36. The van der Waals surface area contributed by atoms with Gasteiger partial charge in [0, 0.05) is 5.41 Å². The maximum Gasteiger partial charge on any atom is 0.0140 e. The van der Waals surface area contributed by atoms with Crippen molar-refractivity contribution in [2.45, 2.75) is 83.1 Å². The minimum atomic E-state index is -0.106. The number of halogens is 1. The smallest absolute Gasteiger partial charge is 0.0140 e. The molecule has 0 amide bonds. The summed E-state index contributed by atoms with van der Waals surface area (Å²) in [6.07, 6.45) is 11.0. The Labute approximate surface area is 219 Å². The van der Waals surface area contributed by atoms with Crippen LogP contribution in [0, 0.1) is 39.0 Å². The Kier molecular flexibility index (Phi) is 13.9. The molecule has 0 bridgehead atoms. The van der Waals surface area contributed by atoms with E-state index in [0.717, 1.165) is 5.57 Å². The van der Waals surface area contributed by atoms with Gasteiger partial charge < -0.3 is 0 Å². The predicted octanol–water partition coefficient (Wildman–Crippen LogP) is 10.9. The van der Waals surface area contributed by atoms with E-state index in [4.69, 9.17) is 0 Å². The normalized spacial score (nSPS) is 12.9. The first-order valence-electron chi connectivity index (χ1n) is 11.9. The first kappa shape index (κ1) is 31.4. The lowest BCUT2D eigenvalue weighted by Gasteiger charge is -2.28. The highest BCUT2D eigenvalue weighted by Crippen LogP contribution is 2.37. The third-order valence-electron chi connectivity index (χ3n) is 6.34. The van der Waals surface area contributed by atoms with E-state index >= 15 is 0 Å². The van der Waals surface area contributed by atoms with E-state index in [1.165, 1.54) is 44.5 Å². The van der Waals surface area contributed by atoms with Crippen molar-refractivity contribution >= 4 is 22.6 Å². The van der Waals surface area contributed by atoms with Gasteiger partial charge in [0.1, 0.15) is 0 Å². The van der Waals surface area contributed by atoms with E-state index < -0.39 is 0 Å². The minimum Gasteiger partial charge on any atom is -0.0949 e. The molecule has 0 aliphatic heterocycles. The number of hydrogen-bond acceptors (Lipinski definition) is 0. The van der Waals surface area contributed by atoms with Gasteiger partial charge in [-0.1, -0.05) is 111 Å². The van der Waals surface area contributed by atoms with Crippen LogP contribution >= 0.6 is 22.6 Å². The predicted molar refractivity (Wildman–Crippen MR) is 161 cm³/mol. The molecule has 0 N–H and O–H groups in total. The average molecular weight is 559 g/mol. The van der Waals surface area contributed by atoms with Crippen molar-refractivity contribution in [3.8, 4) is 0 Å². The van der Waals surface area contributed by atoms with Gasteiger partial charge in [-0.3, -0.25) is 0 Å². The Bertz CT molecular complexity index is 929. The third kappa shape index (κ3) is 10.9. The van der Waals surface area contributed by atoms with Crippen molar-refractivity contribution in [3.63, 3.8) is 0 Å². The molecule has 1 rings (SSSR count). The lowest BCUT2D eigenvalue weighted by molar-refractivity contribution is 0.566. The number of hydrogen-bond donors (Lipinski definition) is 0. The summed E-state index contributed by atoms with van der Waals surface area (Å²) >= 11 is 2.25. The first-order valence-corrected chi connectivity index (χ1v) is 13.1. The molecular weight excluding hydrogens is 511 g/mol. The van der Waals surface area contributed by atoms with Gasteiger partial charge in [-0.05, 0) is 104 Å². The summed E-state index contributed by atoms with van der Waals surface area (Å²) in [4.78, 5) is 0. The van der Waals surface area contributed by atoms with E-state index in [1.807, 2.05) is 4.08 Å². The van der Waals surface area contributed by atoms with Gasteiger partial charge in [0.05, 0.1) is 0 Å². The lowest BCUT2D eigenvalue weighted by atomic mass is 9.76. The zero-order valence-corrected chi connectivity index (χ0v) is 25.4. The van der Waals surface area contributed by atoms with Gasteiger partial charge in [0.15, 0.2) is 0 Å². The molecule has 0 atom stereocenters. The van der Waals surface area contributed by atoms with Gasteiger partial charge in [-0.15, -0.1) is 0 Å². The summed E-state index contributed by atoms with van der Waals surface area (Å²) in [5.41, 5.74) is 11.9. The molecule has 0 saturated carbocycles. The summed E-state index contributed by atoms with van der Waals surface area (Å²) in [6.45, 7) is 30.5. The summed E-state index contributed by atoms with van der Waals surface area (Å²) in [6, 6.07) is 4.45. The quantitative estimate of drug-likeness (QED) is 0.231. The Hall–Kier alpha value is -1.61. The second-order valence-electron chi connectivity index (χ2n) is 10.2. The van der Waals surface area contributed by atoms with Crippen LogP contribution in [0.4, 0.5) is 0 Å². The molecule has 0 fully saturated rings. The van der Waals surface area contributed by atoms with Crippen molar-refractivity contribution in [3.05, 3.63) is 103 Å². The molecular formula is C32H47I. The van der Waals surface area contributed by atoms with Crippen LogP contribution < -0.4 is 0 Å². The monoisotopic (exact) mass is 558 g/mol. The standard InChI is InChI=1S/C22H33I.C10H14/c1-16(2)12-13-21(11-10-14-23)22(8,9)19(6)15-18(5)20(7)17(3)4;1-7-5-8(2)10(4)9(3)6-7/h10-16H,6H2,1-5,7-9H3;5-6H,1-4H3/b13-12+,14-10-,18-15-,21-11+;. The van der Waals surface area contributed by atoms with Gasteiger partial charge in [0.25, 0.3) is 0 Å². The van der Waals surface area contributed by atoms with Crippen LogP contribution in [0.2, 0.25) is 0 Å². The molecule has 1 aromatic carbocycles. The zero-order valence-electron chi connectivity index (χ0n) is 23.3. The summed E-state index contributed by atoms with van der Waals surface area (Å²) in [5.74, 6) is 0.538. The van der Waals surface area contributed by atoms with Crippen molar-refractivity contribution in [2.24, 2.45) is 11.3 Å². The van der Waals surface area contributed by atoms with E-state index in [1.54, 1.807) is 0 Å². The average Bonchev–Trinajstić information content (AvgIpc) is 2.71. The van der Waals surface area contributed by atoms with Crippen LogP contribution in [0.3, 0.4) is 0 Å². The highest BCUT2D eigenvalue weighted by molar-refractivity contribution is 14.1. The maximum atomic E-state index is 4.36. The molecule has 0 spiro atoms. The molecule has 0 heterocycles. The van der Waals surface area contributed by atoms with Crippen LogP contribution in [-0.4, -0.2) is 0 Å². The SMILES string of the molecule is C=C(/C=C(/C)C(C)=C(C)C)C(C)(C)C(/C=C/C(C)C)=C/C=C\I.Cc1cc(C)c(C)c(C)c1. The highest BCUT2D eigenvalue weighted by Gasteiger charge is 2.24. The van der Waals surface area contributed by atoms with Crippen LogP contribution in [-0.2, 0) is 0 Å². The molecule has 0 aromatic heterocycles. The summed E-state index contributed by atoms with van der Waals surface area (Å²) in [7, 11) is 0. The van der Waals surface area contributed by atoms with Crippen LogP contribution in [0.5, 0.6) is 0 Å². The van der Waals surface area contributed by atoms with Crippen molar-refractivity contribution in [1.29, 1.82) is 0 Å². The molecule has 1 aromatic rings. The van der Waals surface area contributed by atoms with Crippen LogP contribution in [0.1, 0.15) is 77.6 Å². The molecule has 0 saturated heterocycles. The van der Waals surface area contributed by atoms with E-state index in [9.17, 15) is 0 Å². The summed E-state index contributed by atoms with van der Waals surface area (Å²) in [5, 5.41) is 0. The number of aryl methyl sites for hydroxylation is 3. The topological polar surface area (TPSA) is 0 Å². The lowest BCUT2D eigenvalue weighted by Crippen LogP contribution is -2.16. The van der Waals surface area contributed by atoms with E-state index in [0.29, 0.717) is 5.92 Å². The largest absolute Gasteiger partial charge is 0.0949 e. The van der Waals surface area contributed by atoms with E-state index in [2.05, 4.69) is 155 Å². The molecule has 0 aliphatic rings. The van der Waals surface area contributed by atoms with Crippen molar-refractivity contribution < 1.29 is 0 Å². The Balaban J connectivity index is 0.000000843. The van der Waals surface area contributed by atoms with Crippen LogP contribution in [0.25, 0.3) is 0 Å². The zero-order chi connectivity index (χ0) is 25.9. The Morgan fingerprint density at radius 3 is 1.91 bits per heavy atom. The molecule has 33 heavy (non-hydrogen) atoms. The van der Waals surface area contributed by atoms with Gasteiger partial charge in [-0.25, -0.2) is 0 Å². The molecule has 1 heteroatoms. The van der Waals surface area contributed by atoms with Gasteiger partial charge in [0.2, 0.25) is 0 Å².